The fraction of sp³-hybridized carbons (Fsp3) is 0.769. The summed E-state index contributed by atoms with van der Waals surface area (Å²) in [6.45, 7) is 5.18. The van der Waals surface area contributed by atoms with E-state index in [2.05, 4.69) is 10.1 Å². The van der Waals surface area contributed by atoms with E-state index in [1.165, 1.54) is 0 Å². The van der Waals surface area contributed by atoms with Gasteiger partial charge >= 0.3 is 12.1 Å². The molecular formula is C13H21ClN2O4. The summed E-state index contributed by atoms with van der Waals surface area (Å²) in [6.07, 6.45) is 1.36. The first-order chi connectivity index (χ1) is 9.30. The molecule has 0 aliphatic heterocycles. The Kier molecular flexibility index (Phi) is 8.73. The first-order valence-electron chi connectivity index (χ1n) is 6.39. The topological polar surface area (TPSA) is 88.4 Å². The number of alkyl halides is 1. The minimum atomic E-state index is -0.817. The third kappa shape index (κ3) is 9.45. The van der Waals surface area contributed by atoms with E-state index < -0.39 is 23.7 Å². The van der Waals surface area contributed by atoms with E-state index in [0.29, 0.717) is 25.7 Å². The molecule has 0 heterocycles. The lowest BCUT2D eigenvalue weighted by Crippen LogP contribution is -2.44. The number of carbonyl (C=O) groups is 2. The molecule has 114 valence electrons. The third-order valence-electron chi connectivity index (χ3n) is 2.20. The van der Waals surface area contributed by atoms with Crippen LogP contribution in [0.15, 0.2) is 0 Å². The summed E-state index contributed by atoms with van der Waals surface area (Å²) in [7, 11) is 0. The molecule has 1 unspecified atom stereocenters. The van der Waals surface area contributed by atoms with Crippen molar-refractivity contribution in [1.82, 2.24) is 5.32 Å². The summed E-state index contributed by atoms with van der Waals surface area (Å²) in [6, 6.07) is 0.927. The van der Waals surface area contributed by atoms with Crippen LogP contribution in [0.25, 0.3) is 0 Å². The lowest BCUT2D eigenvalue weighted by Gasteiger charge is -2.22. The average Bonchev–Trinajstić information content (AvgIpc) is 2.31. The maximum absolute atomic E-state index is 11.7. The SMILES string of the molecule is CC(C)(C)OC(=O)NC(CCCCC#N)C(=O)OCCl. The predicted molar refractivity (Wildman–Crippen MR) is 74.1 cm³/mol. The minimum Gasteiger partial charge on any atom is -0.448 e. The second-order valence-corrected chi connectivity index (χ2v) is 5.39. The van der Waals surface area contributed by atoms with Crippen LogP contribution in [0.3, 0.4) is 0 Å². The van der Waals surface area contributed by atoms with Gasteiger partial charge in [-0.3, -0.25) is 0 Å². The molecule has 0 saturated heterocycles. The number of nitrogens with one attached hydrogen (secondary N) is 1. The number of halogens is 1. The molecule has 0 radical (unpaired) electrons. The molecular weight excluding hydrogens is 284 g/mol. The number of ether oxygens (including phenoxy) is 2. The summed E-state index contributed by atoms with van der Waals surface area (Å²) in [5, 5.41) is 10.9. The van der Waals surface area contributed by atoms with Crippen molar-refractivity contribution in [2.75, 3.05) is 6.07 Å². The highest BCUT2D eigenvalue weighted by Gasteiger charge is 2.24. The Morgan fingerprint density at radius 1 is 1.35 bits per heavy atom. The van der Waals surface area contributed by atoms with Crippen LogP contribution in [0.5, 0.6) is 0 Å². The van der Waals surface area contributed by atoms with Crippen molar-refractivity contribution in [3.8, 4) is 6.07 Å². The van der Waals surface area contributed by atoms with Gasteiger partial charge in [-0.2, -0.15) is 5.26 Å². The van der Waals surface area contributed by atoms with Crippen molar-refractivity contribution in [3.63, 3.8) is 0 Å². The predicted octanol–water partition coefficient (Wildman–Crippen LogP) is 2.70. The molecule has 0 bridgehead atoms. The van der Waals surface area contributed by atoms with Gasteiger partial charge in [-0.05, 0) is 40.0 Å². The molecule has 7 heteroatoms. The maximum atomic E-state index is 11.7. The number of nitriles is 1. The molecule has 0 aromatic rings. The van der Waals surface area contributed by atoms with E-state index in [4.69, 9.17) is 21.6 Å². The Labute approximate surface area is 124 Å². The quantitative estimate of drug-likeness (QED) is 0.444. The molecule has 0 aliphatic carbocycles. The number of hydrogen-bond donors (Lipinski definition) is 1. The van der Waals surface area contributed by atoms with Crippen LogP contribution in [0.1, 0.15) is 46.5 Å². The summed E-state index contributed by atoms with van der Waals surface area (Å²) in [5.74, 6) is -0.609. The normalized spacial score (nSPS) is 12.2. The van der Waals surface area contributed by atoms with Crippen molar-refractivity contribution in [3.05, 3.63) is 0 Å². The van der Waals surface area contributed by atoms with Crippen LogP contribution in [-0.2, 0) is 14.3 Å². The van der Waals surface area contributed by atoms with Crippen molar-refractivity contribution < 1.29 is 19.1 Å². The molecule has 0 saturated carbocycles. The fourth-order valence-corrected chi connectivity index (χ4v) is 1.51. The summed E-state index contributed by atoms with van der Waals surface area (Å²) in [4.78, 5) is 23.3. The van der Waals surface area contributed by atoms with Crippen molar-refractivity contribution in [2.45, 2.75) is 58.1 Å². The highest BCUT2D eigenvalue weighted by atomic mass is 35.5. The lowest BCUT2D eigenvalue weighted by atomic mass is 10.1. The molecule has 1 atom stereocenters. The Bertz CT molecular complexity index is 360. The number of alkyl carbamates (subject to hydrolysis) is 1. The lowest BCUT2D eigenvalue weighted by molar-refractivity contribution is -0.144. The number of hydrogen-bond acceptors (Lipinski definition) is 5. The molecule has 20 heavy (non-hydrogen) atoms. The third-order valence-corrected chi connectivity index (χ3v) is 2.31. The highest BCUT2D eigenvalue weighted by Crippen LogP contribution is 2.09. The first-order valence-corrected chi connectivity index (χ1v) is 6.92. The van der Waals surface area contributed by atoms with E-state index >= 15 is 0 Å². The Morgan fingerprint density at radius 3 is 2.50 bits per heavy atom. The van der Waals surface area contributed by atoms with Crippen LogP contribution in [0, 0.1) is 11.3 Å². The van der Waals surface area contributed by atoms with Crippen LogP contribution >= 0.6 is 11.6 Å². The summed E-state index contributed by atoms with van der Waals surface area (Å²) < 4.78 is 9.76. The number of nitrogens with zero attached hydrogens (tertiary/aromatic N) is 1. The molecule has 0 aliphatic rings. The molecule has 0 rings (SSSR count). The van der Waals surface area contributed by atoms with Crippen molar-refractivity contribution >= 4 is 23.7 Å². The van der Waals surface area contributed by atoms with E-state index in [1.54, 1.807) is 20.8 Å². The standard InChI is InChI=1S/C13H21ClN2O4/c1-13(2,3)20-12(18)16-10(11(17)19-9-14)7-5-4-6-8-15/h10H,4-7,9H2,1-3H3,(H,16,18). The largest absolute Gasteiger partial charge is 0.448 e. The second-order valence-electron chi connectivity index (χ2n) is 5.18. The molecule has 0 fully saturated rings. The summed E-state index contributed by atoms with van der Waals surface area (Å²) in [5.41, 5.74) is -0.647. The number of rotatable bonds is 7. The smallest absolute Gasteiger partial charge is 0.408 e. The van der Waals surface area contributed by atoms with E-state index in [-0.39, 0.29) is 6.07 Å². The van der Waals surface area contributed by atoms with Crippen LogP contribution in [-0.4, -0.2) is 29.8 Å². The van der Waals surface area contributed by atoms with Gasteiger partial charge in [-0.1, -0.05) is 11.6 Å². The number of amides is 1. The Balaban J connectivity index is 4.41. The monoisotopic (exact) mass is 304 g/mol. The molecule has 1 N–H and O–H groups in total. The summed E-state index contributed by atoms with van der Waals surface area (Å²) >= 11 is 5.34. The highest BCUT2D eigenvalue weighted by molar-refractivity contribution is 6.17. The fourth-order valence-electron chi connectivity index (χ4n) is 1.41. The average molecular weight is 305 g/mol. The van der Waals surface area contributed by atoms with Gasteiger partial charge in [-0.15, -0.1) is 0 Å². The van der Waals surface area contributed by atoms with Crippen molar-refractivity contribution in [1.29, 1.82) is 5.26 Å². The van der Waals surface area contributed by atoms with Gasteiger partial charge < -0.3 is 14.8 Å². The van der Waals surface area contributed by atoms with Gasteiger partial charge in [0.2, 0.25) is 0 Å². The molecule has 6 nitrogen and oxygen atoms in total. The minimum absolute atomic E-state index is 0.274. The van der Waals surface area contributed by atoms with E-state index in [0.717, 1.165) is 0 Å². The molecule has 0 aromatic carbocycles. The Morgan fingerprint density at radius 2 is 2.00 bits per heavy atom. The zero-order valence-corrected chi connectivity index (χ0v) is 12.8. The van der Waals surface area contributed by atoms with Gasteiger partial charge in [0.05, 0.1) is 6.07 Å². The van der Waals surface area contributed by atoms with Crippen LogP contribution in [0.4, 0.5) is 4.79 Å². The van der Waals surface area contributed by atoms with Gasteiger partial charge in [0.15, 0.2) is 6.07 Å². The second kappa shape index (κ2) is 9.43. The van der Waals surface area contributed by atoms with Crippen LogP contribution < -0.4 is 5.32 Å². The van der Waals surface area contributed by atoms with Gasteiger partial charge in [0.25, 0.3) is 0 Å². The number of esters is 1. The van der Waals surface area contributed by atoms with Gasteiger partial charge in [-0.25, -0.2) is 9.59 Å². The zero-order chi connectivity index (χ0) is 15.6. The van der Waals surface area contributed by atoms with E-state index in [9.17, 15) is 9.59 Å². The molecule has 0 spiro atoms. The number of unbranched alkanes of at least 4 members (excludes halogenated alkanes) is 2. The van der Waals surface area contributed by atoms with Gasteiger partial charge in [0.1, 0.15) is 11.6 Å². The maximum Gasteiger partial charge on any atom is 0.408 e. The zero-order valence-electron chi connectivity index (χ0n) is 12.1. The van der Waals surface area contributed by atoms with Crippen molar-refractivity contribution in [2.24, 2.45) is 0 Å². The molecule has 1 amide bonds. The first kappa shape index (κ1) is 18.5. The van der Waals surface area contributed by atoms with Gasteiger partial charge in [0, 0.05) is 6.42 Å². The van der Waals surface area contributed by atoms with E-state index in [1.807, 2.05) is 6.07 Å². The van der Waals surface area contributed by atoms with Crippen LogP contribution in [0.2, 0.25) is 0 Å². The Hall–Kier alpha value is -1.48. The molecule has 0 aromatic heterocycles. The number of carbonyl (C=O) groups excluding carboxylic acids is 2.